The zero-order valence-corrected chi connectivity index (χ0v) is 16.8. The molecule has 4 heteroatoms. The second-order valence-electron chi connectivity index (χ2n) is 7.34. The molecule has 2 aromatic carbocycles. The maximum atomic E-state index is 5.50. The third-order valence-corrected chi connectivity index (χ3v) is 5.16. The third kappa shape index (κ3) is 4.98. The third-order valence-electron chi connectivity index (χ3n) is 4.94. The van der Waals surface area contributed by atoms with E-state index >= 15 is 0 Å². The molecule has 1 fully saturated rings. The van der Waals surface area contributed by atoms with Crippen LogP contribution in [0.4, 0.5) is 11.4 Å². The van der Waals surface area contributed by atoms with Crippen molar-refractivity contribution < 1.29 is 0 Å². The molecule has 2 N–H and O–H groups in total. The van der Waals surface area contributed by atoms with E-state index in [2.05, 4.69) is 78.8 Å². The molecule has 0 aliphatic carbocycles. The lowest BCUT2D eigenvalue weighted by molar-refractivity contribution is 0.577. The average molecular weight is 368 g/mol. The van der Waals surface area contributed by atoms with Crippen LogP contribution < -0.4 is 15.5 Å². The Kier molecular flexibility index (Phi) is 6.15. The molecule has 0 aromatic heterocycles. The summed E-state index contributed by atoms with van der Waals surface area (Å²) in [5.74, 6) is 0. The second kappa shape index (κ2) is 8.54. The zero-order valence-electron chi connectivity index (χ0n) is 16.0. The molecule has 0 amide bonds. The van der Waals surface area contributed by atoms with Gasteiger partial charge in [-0.25, -0.2) is 0 Å². The number of rotatable bonds is 4. The smallest absolute Gasteiger partial charge is 0.171 e. The molecule has 138 valence electrons. The lowest BCUT2D eigenvalue weighted by atomic mass is 10.1. The van der Waals surface area contributed by atoms with Crippen molar-refractivity contribution in [2.45, 2.75) is 46.1 Å². The molecule has 0 unspecified atom stereocenters. The molecule has 3 rings (SSSR count). The summed E-state index contributed by atoms with van der Waals surface area (Å²) in [5.41, 5.74) is 6.08. The highest BCUT2D eigenvalue weighted by Gasteiger charge is 2.12. The first-order valence-corrected chi connectivity index (χ1v) is 9.93. The largest absolute Gasteiger partial charge is 0.372 e. The molecule has 0 spiro atoms. The Morgan fingerprint density at radius 3 is 2.19 bits per heavy atom. The van der Waals surface area contributed by atoms with Crippen molar-refractivity contribution >= 4 is 28.7 Å². The molecular formula is C22H29N3S. The number of aryl methyl sites for hydroxylation is 2. The number of thiocarbonyl (C=S) groups is 1. The van der Waals surface area contributed by atoms with E-state index in [1.807, 2.05) is 0 Å². The van der Waals surface area contributed by atoms with Crippen LogP contribution in [0.5, 0.6) is 0 Å². The predicted octanol–water partition coefficient (Wildman–Crippen LogP) is 5.34. The van der Waals surface area contributed by atoms with Crippen LogP contribution in [0.25, 0.3) is 0 Å². The molecule has 26 heavy (non-hydrogen) atoms. The summed E-state index contributed by atoms with van der Waals surface area (Å²) in [7, 11) is 0. The number of nitrogens with zero attached hydrogens (tertiary/aromatic N) is 1. The normalized spacial score (nSPS) is 15.4. The summed E-state index contributed by atoms with van der Waals surface area (Å²) < 4.78 is 0. The first-order valence-electron chi connectivity index (χ1n) is 9.52. The fraction of sp³-hybridized carbons (Fsp3) is 0.409. The fourth-order valence-corrected chi connectivity index (χ4v) is 3.91. The number of hydrogen-bond donors (Lipinski definition) is 2. The van der Waals surface area contributed by atoms with Crippen molar-refractivity contribution in [2.24, 2.45) is 0 Å². The lowest BCUT2D eigenvalue weighted by Crippen LogP contribution is -2.31. The Bertz CT molecular complexity index is 728. The van der Waals surface area contributed by atoms with Crippen molar-refractivity contribution in [1.29, 1.82) is 0 Å². The molecule has 1 saturated heterocycles. The minimum Gasteiger partial charge on any atom is -0.372 e. The van der Waals surface area contributed by atoms with Crippen LogP contribution in [-0.4, -0.2) is 18.2 Å². The van der Waals surface area contributed by atoms with E-state index in [4.69, 9.17) is 12.2 Å². The molecule has 2 aromatic rings. The van der Waals surface area contributed by atoms with Crippen LogP contribution in [-0.2, 0) is 0 Å². The number of hydrogen-bond acceptors (Lipinski definition) is 2. The van der Waals surface area contributed by atoms with Crippen LogP contribution in [0, 0.1) is 13.8 Å². The van der Waals surface area contributed by atoms with Crippen LogP contribution in [0.2, 0.25) is 0 Å². The summed E-state index contributed by atoms with van der Waals surface area (Å²) in [4.78, 5) is 2.48. The topological polar surface area (TPSA) is 27.3 Å². The minimum atomic E-state index is 0.163. The quantitative estimate of drug-likeness (QED) is 0.713. The van der Waals surface area contributed by atoms with Crippen LogP contribution in [0.15, 0.2) is 42.5 Å². The van der Waals surface area contributed by atoms with Crippen molar-refractivity contribution in [2.75, 3.05) is 23.3 Å². The Hall–Kier alpha value is -2.07. The van der Waals surface area contributed by atoms with Gasteiger partial charge in [0.2, 0.25) is 0 Å². The maximum absolute atomic E-state index is 5.50. The Morgan fingerprint density at radius 2 is 1.58 bits per heavy atom. The van der Waals surface area contributed by atoms with Crippen LogP contribution in [0.3, 0.4) is 0 Å². The highest BCUT2D eigenvalue weighted by Crippen LogP contribution is 2.22. The van der Waals surface area contributed by atoms with Crippen molar-refractivity contribution in [3.63, 3.8) is 0 Å². The summed E-state index contributed by atoms with van der Waals surface area (Å²) >= 11 is 5.50. The van der Waals surface area contributed by atoms with E-state index in [-0.39, 0.29) is 6.04 Å². The van der Waals surface area contributed by atoms with E-state index in [0.717, 1.165) is 5.69 Å². The number of piperidine rings is 1. The number of benzene rings is 2. The van der Waals surface area contributed by atoms with E-state index in [1.165, 1.54) is 54.7 Å². The number of nitrogens with one attached hydrogen (secondary N) is 2. The van der Waals surface area contributed by atoms with Gasteiger partial charge < -0.3 is 15.5 Å². The monoisotopic (exact) mass is 367 g/mol. The van der Waals surface area contributed by atoms with Crippen molar-refractivity contribution in [1.82, 2.24) is 5.32 Å². The maximum Gasteiger partial charge on any atom is 0.171 e. The Balaban J connectivity index is 1.58. The van der Waals surface area contributed by atoms with Gasteiger partial charge in [-0.2, -0.15) is 0 Å². The molecule has 1 heterocycles. The molecule has 3 nitrogen and oxygen atoms in total. The predicted molar refractivity (Wildman–Crippen MR) is 116 cm³/mol. The van der Waals surface area contributed by atoms with Crippen molar-refractivity contribution in [3.8, 4) is 0 Å². The van der Waals surface area contributed by atoms with Crippen molar-refractivity contribution in [3.05, 3.63) is 59.2 Å². The summed E-state index contributed by atoms with van der Waals surface area (Å²) in [6.45, 7) is 8.70. The SMILES string of the molecule is Cc1cc(C)cc(NC(=S)N[C@@H](C)c2ccc(N3CCCCC3)cc2)c1. The van der Waals surface area contributed by atoms with Gasteiger partial charge >= 0.3 is 0 Å². The zero-order chi connectivity index (χ0) is 18.5. The highest BCUT2D eigenvalue weighted by molar-refractivity contribution is 7.80. The number of anilines is 2. The lowest BCUT2D eigenvalue weighted by Gasteiger charge is -2.29. The molecule has 0 bridgehead atoms. The van der Waals surface area contributed by atoms with Gasteiger partial charge in [0.1, 0.15) is 0 Å². The Morgan fingerprint density at radius 1 is 0.962 bits per heavy atom. The van der Waals surface area contributed by atoms with Gasteiger partial charge in [-0.15, -0.1) is 0 Å². The highest BCUT2D eigenvalue weighted by atomic mass is 32.1. The van der Waals surface area contributed by atoms with E-state index in [0.29, 0.717) is 5.11 Å². The standard InChI is InChI=1S/C22H29N3S/c1-16-13-17(2)15-20(14-16)24-22(26)23-18(3)19-7-9-21(10-8-19)25-11-5-4-6-12-25/h7-10,13-15,18H,4-6,11-12H2,1-3H3,(H2,23,24,26)/t18-/m0/s1. The van der Waals surface area contributed by atoms with Gasteiger partial charge in [0.05, 0.1) is 6.04 Å². The van der Waals surface area contributed by atoms with Gasteiger partial charge in [0.15, 0.2) is 5.11 Å². The molecule has 0 saturated carbocycles. The molecule has 1 aliphatic heterocycles. The van der Waals surface area contributed by atoms with Gasteiger partial charge in [0, 0.05) is 24.5 Å². The molecular weight excluding hydrogens is 338 g/mol. The molecule has 0 radical (unpaired) electrons. The average Bonchev–Trinajstić information content (AvgIpc) is 2.61. The van der Waals surface area contributed by atoms with E-state index in [1.54, 1.807) is 0 Å². The fourth-order valence-electron chi connectivity index (χ4n) is 3.62. The van der Waals surface area contributed by atoms with Gasteiger partial charge in [0.25, 0.3) is 0 Å². The second-order valence-corrected chi connectivity index (χ2v) is 7.74. The van der Waals surface area contributed by atoms with Crippen LogP contribution >= 0.6 is 12.2 Å². The first kappa shape index (κ1) is 18.7. The minimum absolute atomic E-state index is 0.163. The Labute approximate surface area is 162 Å². The molecule has 1 atom stereocenters. The van der Waals surface area contributed by atoms with E-state index in [9.17, 15) is 0 Å². The van der Waals surface area contributed by atoms with Gasteiger partial charge in [-0.3, -0.25) is 0 Å². The van der Waals surface area contributed by atoms with Crippen LogP contribution in [0.1, 0.15) is 48.9 Å². The van der Waals surface area contributed by atoms with E-state index < -0.39 is 0 Å². The summed E-state index contributed by atoms with van der Waals surface area (Å²) in [5, 5.41) is 7.34. The van der Waals surface area contributed by atoms with Gasteiger partial charge in [-0.05, 0) is 93.2 Å². The first-order chi connectivity index (χ1) is 12.5. The summed E-state index contributed by atoms with van der Waals surface area (Å²) in [6, 6.07) is 15.4. The van der Waals surface area contributed by atoms with Gasteiger partial charge in [-0.1, -0.05) is 18.2 Å². The summed E-state index contributed by atoms with van der Waals surface area (Å²) in [6.07, 6.45) is 3.97. The molecule has 1 aliphatic rings.